The zero-order valence-electron chi connectivity index (χ0n) is 84.1. The van der Waals surface area contributed by atoms with Gasteiger partial charge in [-0.1, -0.05) is 123 Å². The van der Waals surface area contributed by atoms with Crippen LogP contribution >= 0.6 is 11.8 Å². The summed E-state index contributed by atoms with van der Waals surface area (Å²) >= 11 is 0.713. The Morgan fingerprint density at radius 3 is 1.77 bits per heavy atom. The summed E-state index contributed by atoms with van der Waals surface area (Å²) in [4.78, 5) is 299. The molecule has 0 saturated carbocycles. The van der Waals surface area contributed by atoms with Crippen LogP contribution in [0.2, 0.25) is 0 Å². The highest BCUT2D eigenvalue weighted by molar-refractivity contribution is 8.00. The number of rotatable bonds is 31. The minimum absolute atomic E-state index is 0.0430. The van der Waals surface area contributed by atoms with Gasteiger partial charge in [-0.15, -0.1) is 24.1 Å². The molecule has 18 amide bonds. The van der Waals surface area contributed by atoms with Crippen LogP contribution in [0.15, 0.2) is 85.2 Å². The second-order valence-corrected chi connectivity index (χ2v) is 38.9. The minimum atomic E-state index is -1.81. The van der Waals surface area contributed by atoms with E-state index in [-0.39, 0.29) is 89.0 Å². The van der Waals surface area contributed by atoms with E-state index < -0.39 is 297 Å². The Bertz CT molecular complexity index is 5570. The third kappa shape index (κ3) is 32.6. The first-order valence-electron chi connectivity index (χ1n) is 48.9. The van der Waals surface area contributed by atoms with Crippen molar-refractivity contribution in [2.24, 2.45) is 29.0 Å². The maximum absolute atomic E-state index is 16.1. The van der Waals surface area contributed by atoms with Crippen LogP contribution in [0.4, 0.5) is 0 Å². The first-order valence-corrected chi connectivity index (χ1v) is 50.1. The number of benzene rings is 3. The lowest BCUT2D eigenvalue weighted by molar-refractivity contribution is -0.149. The van der Waals surface area contributed by atoms with E-state index in [0.717, 1.165) is 24.5 Å². The monoisotopic (exact) mass is 2050 g/mol. The number of aliphatic hydroxyl groups excluding tert-OH is 1. The zero-order valence-corrected chi connectivity index (χ0v) is 84.9. The number of carboxylic acids is 2. The van der Waals surface area contributed by atoms with Crippen molar-refractivity contribution < 1.29 is 116 Å². The van der Waals surface area contributed by atoms with Gasteiger partial charge in [0.15, 0.2) is 0 Å². The van der Waals surface area contributed by atoms with Crippen molar-refractivity contribution in [2.75, 3.05) is 71.9 Å². The molecule has 0 aliphatic carbocycles. The number of hydrogen-bond acceptors (Lipinski definition) is 25. The number of amides is 18. The number of H-pyrrole nitrogens is 1. The fourth-order valence-electron chi connectivity index (χ4n) is 17.9. The Morgan fingerprint density at radius 1 is 0.575 bits per heavy atom. The molecule has 5 aromatic rings. The van der Waals surface area contributed by atoms with Gasteiger partial charge in [-0.05, 0) is 111 Å². The van der Waals surface area contributed by atoms with Gasteiger partial charge in [0.05, 0.1) is 31.4 Å². The first-order chi connectivity index (χ1) is 69.2. The molecule has 5 heterocycles. The van der Waals surface area contributed by atoms with Crippen LogP contribution in [-0.2, 0) is 115 Å². The number of primary amides is 1. The molecule has 46 nitrogen and oxygen atoms in total. The molecule has 17 atom stereocenters. The standard InChI is InChI=1S/C99H140N22O24S/c1-13-16-27-75-91(136)108-67(38-53(4)5)88(133)114-73(86(131)105-46-80(125)104-47-81(126)106-66(23-15-3)99(144)145)51-146-52-82(127)115-84(55(8)57-31-33-60(122)34-32-57)98(143)116(10)56(9)85(130)110-71(43-79(102)124)95(140)120-37-22-30-76(120)92(137)113-72(44-101)90(135)111-69(39-54(6)7)96(141)121-49-61(123)42-78(121)93(138)109-68(40-58-45-103-64-26-20-18-24-62(58)64)89(134)107-65(35-36-100)87(132)112-70(94(139)118(12)77(28-17-14-2)97(142)117(75)11)41-59-48-119(50-83(128)129)74-29-21-19-25-63(59)74/h3,18-21,24-26,29,31-34,45,48,53-56,61,65-73,75-78,84,103,122-123H,13-14,16-17,22-23,27-28,30,35-44,46-47,49-52,100-101H2,1-2,4-12H3,(H2,102,124)(H,104,125)(H,105,131)(H,106,126)(H,107,134)(H,108,136)(H,109,138)(H,110,130)(H,111,135)(H,112,132)(H,113,137)(H,114,133)(H,115,127)(H,128,129)(H,144,145)/t55-,56-,61+,65-,66-,67-,68-,69-,70-,71-,72-,73-,75-,76-,77-,78-,84-/m0/s1. The van der Waals surface area contributed by atoms with Gasteiger partial charge in [-0.25, -0.2) is 4.79 Å². The molecule has 3 aromatic carbocycles. The summed E-state index contributed by atoms with van der Waals surface area (Å²) in [6.45, 7) is 9.54. The predicted octanol–water partition coefficient (Wildman–Crippen LogP) is -2.45. The molecule has 0 bridgehead atoms. The van der Waals surface area contributed by atoms with E-state index in [1.165, 1.54) is 70.0 Å². The number of carbonyl (C=O) groups excluding carboxylic acids is 18. The fourth-order valence-corrected chi connectivity index (χ4v) is 18.7. The van der Waals surface area contributed by atoms with Crippen LogP contribution in [0.3, 0.4) is 0 Å². The summed E-state index contributed by atoms with van der Waals surface area (Å²) < 4.78 is 1.42. The van der Waals surface area contributed by atoms with Crippen molar-refractivity contribution in [3.8, 4) is 18.1 Å². The van der Waals surface area contributed by atoms with Gasteiger partial charge in [-0.2, -0.15) is 0 Å². The molecular formula is C99H140N22O24S. The number of aliphatic hydroxyl groups is 1. The molecule has 0 unspecified atom stereocenters. The van der Waals surface area contributed by atoms with Gasteiger partial charge in [0.2, 0.25) is 106 Å². The number of phenolic OH excluding ortho intramolecular Hbond substituents is 1. The lowest BCUT2D eigenvalue weighted by Gasteiger charge is -2.36. The predicted molar refractivity (Wildman–Crippen MR) is 536 cm³/mol. The molecule has 47 heteroatoms. The molecule has 2 aromatic heterocycles. The normalized spacial score (nSPS) is 24.2. The maximum Gasteiger partial charge on any atom is 0.327 e. The summed E-state index contributed by atoms with van der Waals surface area (Å²) in [6, 6.07) is -4.59. The van der Waals surface area contributed by atoms with E-state index in [1.807, 2.05) is 13.8 Å². The molecule has 796 valence electrons. The smallest absolute Gasteiger partial charge is 0.327 e. The lowest BCUT2D eigenvalue weighted by Crippen LogP contribution is -2.62. The number of hydrogen-bond donors (Lipinski definition) is 20. The highest BCUT2D eigenvalue weighted by Gasteiger charge is 2.47. The summed E-state index contributed by atoms with van der Waals surface area (Å²) in [5.74, 6) is -21.2. The van der Waals surface area contributed by atoms with Gasteiger partial charge >= 0.3 is 11.9 Å². The number of carbonyl (C=O) groups is 20. The van der Waals surface area contributed by atoms with E-state index >= 15 is 43.2 Å². The number of phenols is 1. The summed E-state index contributed by atoms with van der Waals surface area (Å²) in [5.41, 5.74) is 20.4. The van der Waals surface area contributed by atoms with Gasteiger partial charge in [0.1, 0.15) is 103 Å². The Hall–Kier alpha value is -14.3. The number of fused-ring (bicyclic) bond motifs is 4. The van der Waals surface area contributed by atoms with Crippen molar-refractivity contribution >= 4 is 152 Å². The molecule has 3 aliphatic heterocycles. The molecule has 8 rings (SSSR count). The van der Waals surface area contributed by atoms with E-state index in [2.05, 4.69) is 74.7 Å². The van der Waals surface area contributed by atoms with E-state index in [4.69, 9.17) is 23.6 Å². The van der Waals surface area contributed by atoms with Crippen LogP contribution in [0, 0.1) is 24.2 Å². The zero-order chi connectivity index (χ0) is 108. The van der Waals surface area contributed by atoms with Gasteiger partial charge in [-0.3, -0.25) is 91.1 Å². The number of likely N-dealkylation sites (N-methyl/N-ethyl adjacent to an activating group) is 3. The van der Waals surface area contributed by atoms with Crippen molar-refractivity contribution in [1.82, 2.24) is 97.9 Å². The first kappa shape index (κ1) is 117. The number of aliphatic carboxylic acids is 2. The minimum Gasteiger partial charge on any atom is -0.508 e. The maximum atomic E-state index is 16.1. The molecule has 146 heavy (non-hydrogen) atoms. The average molecular weight is 2050 g/mol. The van der Waals surface area contributed by atoms with E-state index in [1.54, 1.807) is 82.4 Å². The van der Waals surface area contributed by atoms with Gasteiger partial charge in [0.25, 0.3) is 0 Å². The number of nitrogens with two attached hydrogens (primary N) is 3. The number of nitrogens with zero attached hydrogens (tertiary/aromatic N) is 6. The number of terminal acetylenes is 1. The van der Waals surface area contributed by atoms with Gasteiger partial charge < -0.3 is 135 Å². The van der Waals surface area contributed by atoms with Crippen LogP contribution < -0.4 is 81.0 Å². The number of thioether (sulfide) groups is 1. The van der Waals surface area contributed by atoms with Crippen molar-refractivity contribution in [1.29, 1.82) is 0 Å². The van der Waals surface area contributed by atoms with Crippen LogP contribution in [0.25, 0.3) is 21.8 Å². The van der Waals surface area contributed by atoms with E-state index in [0.29, 0.717) is 63.1 Å². The Labute approximate surface area is 850 Å². The van der Waals surface area contributed by atoms with Crippen molar-refractivity contribution in [3.63, 3.8) is 0 Å². The second-order valence-electron chi connectivity index (χ2n) is 37.9. The molecule has 3 aliphatic rings. The van der Waals surface area contributed by atoms with Crippen LogP contribution in [0.1, 0.15) is 168 Å². The fraction of sp³-hybridized carbons (Fsp3) is 0.556. The highest BCUT2D eigenvalue weighted by atomic mass is 32.2. The quantitative estimate of drug-likeness (QED) is 0.0205. The summed E-state index contributed by atoms with van der Waals surface area (Å²) in [5, 5.41) is 73.6. The highest BCUT2D eigenvalue weighted by Crippen LogP contribution is 2.30. The molecule has 3 saturated heterocycles. The lowest BCUT2D eigenvalue weighted by atomic mass is 9.92. The Balaban J connectivity index is 1.22. The third-order valence-electron chi connectivity index (χ3n) is 26.0. The SMILES string of the molecule is C#CC[C@H](NC(=O)CNC(=O)CNC(=O)[C@@H]1CSCC(=O)N[C@@H]([C@@H](C)c2ccc(O)cc2)C(=O)N(C)[C@@H](C)C(=O)N[C@@H](CC(N)=O)C(=O)N2CCC[C@H]2C(=O)N[C@@H](CN)C(=O)N[C@@H](CC(C)C)C(=O)N2C[C@H](O)C[C@H]2C(=O)N[C@@H](Cc2c[nH]c3ccccc23)C(=O)N[C@@H](CCN)C(=O)N[C@@H](Cc2cn(CC(=O)O)c3ccccc23)C(=O)N(C)[C@@H](CCCC)C(=O)N(C)[C@@H](CCCC)C(=O)N[C@@H](CC(C)C)C(=O)N1)C(=O)O. The summed E-state index contributed by atoms with van der Waals surface area (Å²) in [6.07, 6.45) is 5.51. The van der Waals surface area contributed by atoms with Crippen LogP contribution in [-0.4, -0.2) is 341 Å². The Kier molecular flexibility index (Phi) is 44.6. The molecule has 23 N–H and O–H groups in total. The number of aromatic amines is 1. The molecule has 0 spiro atoms. The average Bonchev–Trinajstić information content (AvgIpc) is 1.61. The largest absolute Gasteiger partial charge is 0.508 e. The number of para-hydroxylation sites is 2. The van der Waals surface area contributed by atoms with Crippen LogP contribution in [0.5, 0.6) is 5.75 Å². The topological polar surface area (TPSA) is 682 Å². The molecule has 3 fully saturated rings. The molecule has 0 radical (unpaired) electrons. The second kappa shape index (κ2) is 55.7. The molecular weight excluding hydrogens is 1910 g/mol. The van der Waals surface area contributed by atoms with E-state index in [9.17, 15) is 73.2 Å². The number of aromatic nitrogens is 2. The third-order valence-corrected chi connectivity index (χ3v) is 27.0. The number of carboxylic acid groups (broad SMARTS) is 2. The van der Waals surface area contributed by atoms with Crippen molar-refractivity contribution in [2.45, 2.75) is 267 Å². The van der Waals surface area contributed by atoms with Crippen molar-refractivity contribution in [3.05, 3.63) is 102 Å². The number of unbranched alkanes of at least 4 members (excludes halogenated alkanes) is 2. The van der Waals surface area contributed by atoms with Gasteiger partial charge in [0, 0.05) is 112 Å². The summed E-state index contributed by atoms with van der Waals surface area (Å²) in [7, 11) is 3.84. The number of aromatic hydroxyl groups is 1. The number of nitrogens with one attached hydrogen (secondary N) is 13. The Morgan fingerprint density at radius 2 is 1.14 bits per heavy atom.